The van der Waals surface area contributed by atoms with Crippen molar-refractivity contribution in [3.63, 3.8) is 0 Å². The normalized spacial score (nSPS) is 10.3. The quantitative estimate of drug-likeness (QED) is 0.795. The largest absolute Gasteiger partial charge is 0.465 e. The average molecular weight is 318 g/mol. The molecule has 116 valence electrons. The highest BCUT2D eigenvalue weighted by atomic mass is 32.1. The first-order valence-corrected chi connectivity index (χ1v) is 7.83. The molecule has 0 aliphatic carbocycles. The van der Waals surface area contributed by atoms with E-state index in [2.05, 4.69) is 4.98 Å². The number of nitrogens with zero attached hydrogens (tertiary/aromatic N) is 2. The summed E-state index contributed by atoms with van der Waals surface area (Å²) in [5.74, 6) is -0.587. The average Bonchev–Trinajstić information content (AvgIpc) is 3.07. The number of methoxy groups -OCH3 is 1. The Balaban J connectivity index is 2.47. The Hall–Kier alpha value is -2.21. The zero-order valence-electron chi connectivity index (χ0n) is 12.8. The highest BCUT2D eigenvalue weighted by Gasteiger charge is 2.17. The molecule has 1 heterocycles. The Morgan fingerprint density at radius 3 is 2.59 bits per heavy atom. The molecule has 1 amide bonds. The second-order valence-electron chi connectivity index (χ2n) is 4.85. The summed E-state index contributed by atoms with van der Waals surface area (Å²) in [6, 6.07) is 5.03. The molecule has 0 aliphatic heterocycles. The lowest BCUT2D eigenvalue weighted by Gasteiger charge is -2.17. The monoisotopic (exact) mass is 318 g/mol. The van der Waals surface area contributed by atoms with E-state index in [0.29, 0.717) is 17.7 Å². The number of amides is 1. The molecule has 0 spiro atoms. The summed E-state index contributed by atoms with van der Waals surface area (Å²) in [5, 5.41) is 2.61. The van der Waals surface area contributed by atoms with Crippen molar-refractivity contribution in [2.24, 2.45) is 0 Å². The molecule has 1 aromatic carbocycles. The summed E-state index contributed by atoms with van der Waals surface area (Å²) in [6.07, 6.45) is 2.56. The second-order valence-corrected chi connectivity index (χ2v) is 5.75. The van der Waals surface area contributed by atoms with E-state index in [0.717, 1.165) is 17.0 Å². The lowest BCUT2D eigenvalue weighted by atomic mass is 10.0. The molecular formula is C16H18N2O3S. The number of esters is 1. The molecule has 6 heteroatoms. The Morgan fingerprint density at radius 1 is 1.27 bits per heavy atom. The van der Waals surface area contributed by atoms with Crippen LogP contribution in [0.4, 0.5) is 0 Å². The van der Waals surface area contributed by atoms with Crippen LogP contribution < -0.4 is 0 Å². The fraction of sp³-hybridized carbons (Fsp3) is 0.312. The number of ether oxygens (including phenoxy) is 1. The zero-order valence-corrected chi connectivity index (χ0v) is 13.6. The molecule has 0 N–H and O–H groups in total. The maximum absolute atomic E-state index is 12.5. The number of hydrogen-bond donors (Lipinski definition) is 0. The van der Waals surface area contributed by atoms with Crippen LogP contribution in [0.15, 0.2) is 29.8 Å². The van der Waals surface area contributed by atoms with Gasteiger partial charge in [-0.05, 0) is 24.6 Å². The van der Waals surface area contributed by atoms with Crippen LogP contribution in [0.25, 0.3) is 10.6 Å². The van der Waals surface area contributed by atoms with E-state index in [9.17, 15) is 9.59 Å². The minimum atomic E-state index is -0.467. The molecule has 22 heavy (non-hydrogen) atoms. The summed E-state index contributed by atoms with van der Waals surface area (Å²) in [5.41, 5.74) is 1.55. The Labute approximate surface area is 133 Å². The van der Waals surface area contributed by atoms with Crippen molar-refractivity contribution in [2.45, 2.75) is 13.3 Å². The maximum atomic E-state index is 12.5. The van der Waals surface area contributed by atoms with E-state index in [1.807, 2.05) is 12.3 Å². The van der Waals surface area contributed by atoms with Gasteiger partial charge in [-0.3, -0.25) is 4.79 Å². The van der Waals surface area contributed by atoms with Crippen LogP contribution in [-0.2, 0) is 4.74 Å². The third-order valence-electron chi connectivity index (χ3n) is 3.19. The van der Waals surface area contributed by atoms with Crippen LogP contribution in [0.1, 0.15) is 34.1 Å². The van der Waals surface area contributed by atoms with Crippen LogP contribution in [0, 0.1) is 0 Å². The first kappa shape index (κ1) is 16.2. The summed E-state index contributed by atoms with van der Waals surface area (Å²) in [4.78, 5) is 30.2. The van der Waals surface area contributed by atoms with E-state index in [1.165, 1.54) is 18.4 Å². The van der Waals surface area contributed by atoms with Crippen molar-refractivity contribution in [2.75, 3.05) is 20.7 Å². The number of thiazole rings is 1. The smallest absolute Gasteiger partial charge is 0.337 e. The minimum Gasteiger partial charge on any atom is -0.465 e. The summed E-state index contributed by atoms with van der Waals surface area (Å²) >= 11 is 1.45. The molecule has 0 aliphatic rings. The van der Waals surface area contributed by atoms with Gasteiger partial charge in [-0.1, -0.05) is 6.92 Å². The van der Waals surface area contributed by atoms with Gasteiger partial charge in [0.2, 0.25) is 0 Å². The van der Waals surface area contributed by atoms with Crippen LogP contribution in [-0.4, -0.2) is 42.5 Å². The van der Waals surface area contributed by atoms with Gasteiger partial charge in [0.1, 0.15) is 5.01 Å². The number of carbonyl (C=O) groups excluding carboxylic acids is 2. The highest BCUT2D eigenvalue weighted by molar-refractivity contribution is 7.13. The van der Waals surface area contributed by atoms with Crippen molar-refractivity contribution in [1.82, 2.24) is 9.88 Å². The Kier molecular flexibility index (Phi) is 5.27. The van der Waals surface area contributed by atoms with E-state index in [4.69, 9.17) is 4.74 Å². The van der Waals surface area contributed by atoms with Crippen LogP contribution in [0.2, 0.25) is 0 Å². The predicted molar refractivity (Wildman–Crippen MR) is 86.1 cm³/mol. The number of aromatic nitrogens is 1. The SMILES string of the molecule is CCCN(C)C(=O)c1cc(C(=O)OC)cc(-c2nccs2)c1. The lowest BCUT2D eigenvalue weighted by molar-refractivity contribution is 0.0600. The molecule has 2 aromatic rings. The fourth-order valence-corrected chi connectivity index (χ4v) is 2.76. The number of hydrogen-bond acceptors (Lipinski definition) is 5. The predicted octanol–water partition coefficient (Wildman–Crippen LogP) is 3.08. The fourth-order valence-electron chi connectivity index (χ4n) is 2.13. The van der Waals surface area contributed by atoms with E-state index in [1.54, 1.807) is 36.3 Å². The lowest BCUT2D eigenvalue weighted by Crippen LogP contribution is -2.27. The molecule has 1 aromatic heterocycles. The van der Waals surface area contributed by atoms with Gasteiger partial charge in [-0.25, -0.2) is 9.78 Å². The topological polar surface area (TPSA) is 59.5 Å². The summed E-state index contributed by atoms with van der Waals surface area (Å²) < 4.78 is 4.77. The summed E-state index contributed by atoms with van der Waals surface area (Å²) in [6.45, 7) is 2.67. The van der Waals surface area contributed by atoms with Gasteiger partial charge in [0.05, 0.1) is 12.7 Å². The second kappa shape index (κ2) is 7.17. The van der Waals surface area contributed by atoms with Crippen LogP contribution in [0.5, 0.6) is 0 Å². The van der Waals surface area contributed by atoms with Crippen molar-refractivity contribution in [3.8, 4) is 10.6 Å². The molecule has 2 rings (SSSR count). The number of benzene rings is 1. The van der Waals surface area contributed by atoms with Gasteiger partial charge in [0, 0.05) is 36.3 Å². The third kappa shape index (κ3) is 3.51. The Bertz CT molecular complexity index is 668. The molecule has 0 saturated heterocycles. The zero-order chi connectivity index (χ0) is 16.1. The Morgan fingerprint density at radius 2 is 2.00 bits per heavy atom. The minimum absolute atomic E-state index is 0.120. The van der Waals surface area contributed by atoms with E-state index in [-0.39, 0.29) is 5.91 Å². The molecule has 0 fully saturated rings. The van der Waals surface area contributed by atoms with E-state index >= 15 is 0 Å². The maximum Gasteiger partial charge on any atom is 0.337 e. The first-order valence-electron chi connectivity index (χ1n) is 6.95. The van der Waals surface area contributed by atoms with Crippen molar-refractivity contribution in [1.29, 1.82) is 0 Å². The van der Waals surface area contributed by atoms with Crippen molar-refractivity contribution >= 4 is 23.2 Å². The van der Waals surface area contributed by atoms with Gasteiger partial charge in [0.25, 0.3) is 5.91 Å². The van der Waals surface area contributed by atoms with Crippen molar-refractivity contribution < 1.29 is 14.3 Å². The van der Waals surface area contributed by atoms with E-state index < -0.39 is 5.97 Å². The molecule has 0 bridgehead atoms. The molecule has 0 unspecified atom stereocenters. The van der Waals surface area contributed by atoms with Crippen LogP contribution in [0.3, 0.4) is 0 Å². The number of rotatable bonds is 5. The molecule has 0 saturated carbocycles. The number of carbonyl (C=O) groups is 2. The van der Waals surface area contributed by atoms with Crippen molar-refractivity contribution in [3.05, 3.63) is 40.9 Å². The molecular weight excluding hydrogens is 300 g/mol. The van der Waals surface area contributed by atoms with Gasteiger partial charge in [-0.15, -0.1) is 11.3 Å². The molecule has 0 atom stereocenters. The summed E-state index contributed by atoms with van der Waals surface area (Å²) in [7, 11) is 3.07. The first-order chi connectivity index (χ1) is 10.6. The third-order valence-corrected chi connectivity index (χ3v) is 4.01. The highest BCUT2D eigenvalue weighted by Crippen LogP contribution is 2.25. The standard InChI is InChI=1S/C16H18N2O3S/c1-4-6-18(2)15(19)12-8-11(14-17-5-7-22-14)9-13(10-12)16(20)21-3/h5,7-10H,4,6H2,1-3H3. The van der Waals surface area contributed by atoms with Gasteiger partial charge in [0.15, 0.2) is 0 Å². The van der Waals surface area contributed by atoms with Gasteiger partial charge < -0.3 is 9.64 Å². The molecule has 0 radical (unpaired) electrons. The van der Waals surface area contributed by atoms with Crippen LogP contribution >= 0.6 is 11.3 Å². The molecule has 5 nitrogen and oxygen atoms in total. The van der Waals surface area contributed by atoms with Gasteiger partial charge in [-0.2, -0.15) is 0 Å². The van der Waals surface area contributed by atoms with Gasteiger partial charge >= 0.3 is 5.97 Å².